The fraction of sp³-hybridized carbons (Fsp3) is 0.167. The summed E-state index contributed by atoms with van der Waals surface area (Å²) in [5.74, 6) is 0.407. The lowest BCUT2D eigenvalue weighted by Crippen LogP contribution is -2.23. The fourth-order valence-corrected chi connectivity index (χ4v) is 2.93. The van der Waals surface area contributed by atoms with E-state index >= 15 is 0 Å². The van der Waals surface area contributed by atoms with Gasteiger partial charge in [-0.3, -0.25) is 9.59 Å². The minimum atomic E-state index is -0.171. The molecule has 0 aliphatic rings. The van der Waals surface area contributed by atoms with Crippen LogP contribution in [0.1, 0.15) is 23.7 Å². The van der Waals surface area contributed by atoms with Crippen molar-refractivity contribution in [3.8, 4) is 16.9 Å². The number of anilines is 1. The molecule has 148 valence electrons. The van der Waals surface area contributed by atoms with Crippen molar-refractivity contribution in [1.82, 2.24) is 5.32 Å². The van der Waals surface area contributed by atoms with E-state index in [-0.39, 0.29) is 24.8 Å². The Morgan fingerprint density at radius 1 is 0.897 bits per heavy atom. The quantitative estimate of drug-likeness (QED) is 0.597. The van der Waals surface area contributed by atoms with Gasteiger partial charge in [-0.15, -0.1) is 0 Å². The van der Waals surface area contributed by atoms with Crippen molar-refractivity contribution in [1.29, 1.82) is 0 Å². The molecule has 0 spiro atoms. The summed E-state index contributed by atoms with van der Waals surface area (Å²) in [7, 11) is 0. The zero-order valence-corrected chi connectivity index (χ0v) is 16.4. The van der Waals surface area contributed by atoms with Crippen molar-refractivity contribution in [2.45, 2.75) is 13.3 Å². The maximum absolute atomic E-state index is 12.3. The van der Waals surface area contributed by atoms with Gasteiger partial charge in [-0.2, -0.15) is 0 Å². The largest absolute Gasteiger partial charge is 0.492 e. The first-order valence-corrected chi connectivity index (χ1v) is 9.62. The number of hydrogen-bond donors (Lipinski definition) is 2. The van der Waals surface area contributed by atoms with Crippen LogP contribution >= 0.6 is 0 Å². The highest BCUT2D eigenvalue weighted by atomic mass is 16.5. The molecule has 0 aromatic heterocycles. The normalized spacial score (nSPS) is 10.2. The first-order valence-electron chi connectivity index (χ1n) is 9.62. The van der Waals surface area contributed by atoms with Gasteiger partial charge < -0.3 is 15.4 Å². The SMILES string of the molecule is CCNC(=O)c1cccc(NC(=O)CCOc2ccccc2-c2ccccc2)c1. The van der Waals surface area contributed by atoms with Gasteiger partial charge in [0.15, 0.2) is 0 Å². The minimum Gasteiger partial charge on any atom is -0.492 e. The molecule has 0 aliphatic carbocycles. The first kappa shape index (κ1) is 20.1. The monoisotopic (exact) mass is 388 g/mol. The summed E-state index contributed by atoms with van der Waals surface area (Å²) in [5.41, 5.74) is 3.15. The van der Waals surface area contributed by atoms with E-state index in [9.17, 15) is 9.59 Å². The number of carbonyl (C=O) groups is 2. The van der Waals surface area contributed by atoms with E-state index in [2.05, 4.69) is 10.6 Å². The average Bonchev–Trinajstić information content (AvgIpc) is 2.75. The molecule has 3 aromatic carbocycles. The standard InChI is InChI=1S/C24H24N2O3/c1-2-25-24(28)19-11-8-12-20(17-19)26-23(27)15-16-29-22-14-7-6-13-21(22)18-9-4-3-5-10-18/h3-14,17H,2,15-16H2,1H3,(H,25,28)(H,26,27). The Kier molecular flexibility index (Phi) is 7.00. The number of para-hydroxylation sites is 1. The second kappa shape index (κ2) is 10.1. The number of rotatable bonds is 8. The molecule has 29 heavy (non-hydrogen) atoms. The highest BCUT2D eigenvalue weighted by Crippen LogP contribution is 2.29. The third-order valence-corrected chi connectivity index (χ3v) is 4.30. The van der Waals surface area contributed by atoms with Crippen LogP contribution in [0.3, 0.4) is 0 Å². The molecule has 0 saturated heterocycles. The van der Waals surface area contributed by atoms with Crippen molar-refractivity contribution in [3.05, 3.63) is 84.4 Å². The summed E-state index contributed by atoms with van der Waals surface area (Å²) in [6, 6.07) is 24.6. The van der Waals surface area contributed by atoms with E-state index in [1.807, 2.05) is 61.5 Å². The molecule has 0 fully saturated rings. The van der Waals surface area contributed by atoms with Crippen LogP contribution in [0.2, 0.25) is 0 Å². The lowest BCUT2D eigenvalue weighted by Gasteiger charge is -2.12. The van der Waals surface area contributed by atoms with Crippen LogP contribution in [0.25, 0.3) is 11.1 Å². The van der Waals surface area contributed by atoms with E-state index in [0.29, 0.717) is 17.8 Å². The van der Waals surface area contributed by atoms with Crippen molar-refractivity contribution < 1.29 is 14.3 Å². The van der Waals surface area contributed by atoms with Crippen LogP contribution < -0.4 is 15.4 Å². The number of ether oxygens (including phenoxy) is 1. The zero-order valence-electron chi connectivity index (χ0n) is 16.4. The number of nitrogens with one attached hydrogen (secondary N) is 2. The second-order valence-corrected chi connectivity index (χ2v) is 6.45. The molecule has 0 radical (unpaired) electrons. The zero-order chi connectivity index (χ0) is 20.5. The predicted molar refractivity (Wildman–Crippen MR) is 115 cm³/mol. The van der Waals surface area contributed by atoms with Gasteiger partial charge in [0.25, 0.3) is 5.91 Å². The smallest absolute Gasteiger partial charge is 0.251 e. The van der Waals surface area contributed by atoms with Crippen LogP contribution in [0, 0.1) is 0 Å². The average molecular weight is 388 g/mol. The summed E-state index contributed by atoms with van der Waals surface area (Å²) in [6.07, 6.45) is 0.203. The Morgan fingerprint density at radius 2 is 1.66 bits per heavy atom. The highest BCUT2D eigenvalue weighted by Gasteiger charge is 2.09. The molecule has 5 nitrogen and oxygen atoms in total. The van der Waals surface area contributed by atoms with Crippen molar-refractivity contribution >= 4 is 17.5 Å². The summed E-state index contributed by atoms with van der Waals surface area (Å²) in [4.78, 5) is 24.2. The third-order valence-electron chi connectivity index (χ3n) is 4.30. The van der Waals surface area contributed by atoms with E-state index in [1.165, 1.54) is 0 Å². The van der Waals surface area contributed by atoms with Crippen LogP contribution in [0.4, 0.5) is 5.69 Å². The van der Waals surface area contributed by atoms with Gasteiger partial charge in [-0.1, -0.05) is 54.6 Å². The highest BCUT2D eigenvalue weighted by molar-refractivity contribution is 5.97. The molecule has 0 atom stereocenters. The molecule has 0 saturated carbocycles. The van der Waals surface area contributed by atoms with Gasteiger partial charge in [0, 0.05) is 23.4 Å². The summed E-state index contributed by atoms with van der Waals surface area (Å²) >= 11 is 0. The van der Waals surface area contributed by atoms with Crippen LogP contribution in [0.15, 0.2) is 78.9 Å². The Bertz CT molecular complexity index is 971. The summed E-state index contributed by atoms with van der Waals surface area (Å²) in [5, 5.41) is 5.55. The van der Waals surface area contributed by atoms with Crippen molar-refractivity contribution in [2.24, 2.45) is 0 Å². The van der Waals surface area contributed by atoms with E-state index < -0.39 is 0 Å². The Hall–Kier alpha value is -3.60. The Balaban J connectivity index is 1.56. The topological polar surface area (TPSA) is 67.4 Å². The molecule has 0 unspecified atom stereocenters. The van der Waals surface area contributed by atoms with Crippen molar-refractivity contribution in [3.63, 3.8) is 0 Å². The van der Waals surface area contributed by atoms with Crippen molar-refractivity contribution in [2.75, 3.05) is 18.5 Å². The number of carbonyl (C=O) groups excluding carboxylic acids is 2. The first-order chi connectivity index (χ1) is 14.2. The second-order valence-electron chi connectivity index (χ2n) is 6.45. The molecule has 2 amide bonds. The summed E-state index contributed by atoms with van der Waals surface area (Å²) in [6.45, 7) is 2.67. The maximum atomic E-state index is 12.3. The lowest BCUT2D eigenvalue weighted by molar-refractivity contribution is -0.116. The molecular weight excluding hydrogens is 364 g/mol. The van der Waals surface area contributed by atoms with Crippen LogP contribution in [-0.4, -0.2) is 25.0 Å². The Labute approximate surface area is 170 Å². The van der Waals surface area contributed by atoms with Crippen LogP contribution in [0.5, 0.6) is 5.75 Å². The van der Waals surface area contributed by atoms with Gasteiger partial charge in [0.1, 0.15) is 5.75 Å². The van der Waals surface area contributed by atoms with Gasteiger partial charge in [-0.05, 0) is 36.8 Å². The van der Waals surface area contributed by atoms with Crippen LogP contribution in [-0.2, 0) is 4.79 Å². The number of amides is 2. The molecule has 0 heterocycles. The predicted octanol–water partition coefficient (Wildman–Crippen LogP) is 4.51. The molecule has 0 aliphatic heterocycles. The van der Waals surface area contributed by atoms with E-state index in [4.69, 9.17) is 4.74 Å². The molecule has 3 aromatic rings. The van der Waals surface area contributed by atoms with E-state index in [1.54, 1.807) is 24.3 Å². The van der Waals surface area contributed by atoms with Gasteiger partial charge in [0.2, 0.25) is 5.91 Å². The van der Waals surface area contributed by atoms with Gasteiger partial charge in [-0.25, -0.2) is 0 Å². The molecule has 0 bridgehead atoms. The fourth-order valence-electron chi connectivity index (χ4n) is 2.93. The van der Waals surface area contributed by atoms with Gasteiger partial charge in [0.05, 0.1) is 13.0 Å². The van der Waals surface area contributed by atoms with E-state index in [0.717, 1.165) is 16.9 Å². The summed E-state index contributed by atoms with van der Waals surface area (Å²) < 4.78 is 5.87. The molecular formula is C24H24N2O3. The lowest BCUT2D eigenvalue weighted by atomic mass is 10.1. The molecule has 2 N–H and O–H groups in total. The Morgan fingerprint density at radius 3 is 2.45 bits per heavy atom. The molecule has 5 heteroatoms. The molecule has 3 rings (SSSR count). The van der Waals surface area contributed by atoms with Gasteiger partial charge >= 0.3 is 0 Å². The number of hydrogen-bond acceptors (Lipinski definition) is 3. The third kappa shape index (κ3) is 5.69. The number of benzene rings is 3. The minimum absolute atomic E-state index is 0.163. The maximum Gasteiger partial charge on any atom is 0.251 e.